The van der Waals surface area contributed by atoms with Crippen molar-refractivity contribution in [2.24, 2.45) is 0 Å². The molecule has 0 saturated carbocycles. The third kappa shape index (κ3) is 4.69. The second-order valence-electron chi connectivity index (χ2n) is 10.1. The van der Waals surface area contributed by atoms with E-state index in [1.54, 1.807) is 0 Å². The molecule has 34 heavy (non-hydrogen) atoms. The Kier molecular flexibility index (Phi) is 7.14. The van der Waals surface area contributed by atoms with Gasteiger partial charge in [0.05, 0.1) is 0 Å². The van der Waals surface area contributed by atoms with Crippen LogP contribution in [0.2, 0.25) is 0 Å². The Bertz CT molecular complexity index is 1310. The van der Waals surface area contributed by atoms with E-state index in [0.717, 1.165) is 0 Å². The second kappa shape index (κ2) is 10.6. The van der Waals surface area contributed by atoms with Crippen LogP contribution in [0.3, 0.4) is 0 Å². The topological polar surface area (TPSA) is 0 Å². The summed E-state index contributed by atoms with van der Waals surface area (Å²) in [4.78, 5) is 0. The fraction of sp³-hybridized carbons (Fsp3) is 0.353. The summed E-state index contributed by atoms with van der Waals surface area (Å²) >= 11 is 0. The molecule has 0 heteroatoms. The van der Waals surface area contributed by atoms with Gasteiger partial charge in [-0.1, -0.05) is 125 Å². The van der Waals surface area contributed by atoms with Crippen LogP contribution < -0.4 is 0 Å². The maximum Gasteiger partial charge on any atom is -0.00987 e. The highest BCUT2D eigenvalue weighted by Crippen LogP contribution is 2.35. The van der Waals surface area contributed by atoms with E-state index < -0.39 is 0 Å². The predicted octanol–water partition coefficient (Wildman–Crippen LogP) is 10.5. The molecule has 0 amide bonds. The first-order valence-electron chi connectivity index (χ1n) is 13.6. The average Bonchev–Trinajstić information content (AvgIpc) is 2.88. The SMILES string of the molecule is CCCCCCc1ccc2c(ccc3c2ccc2c4ccc(CCCCCC)cc4ccc23)c1. The Morgan fingerprint density at radius 2 is 0.765 bits per heavy atom. The molecule has 0 saturated heterocycles. The maximum atomic E-state index is 2.41. The second-order valence-corrected chi connectivity index (χ2v) is 10.1. The van der Waals surface area contributed by atoms with E-state index in [0.29, 0.717) is 0 Å². The summed E-state index contributed by atoms with van der Waals surface area (Å²) in [6.45, 7) is 4.56. The summed E-state index contributed by atoms with van der Waals surface area (Å²) in [5.74, 6) is 0. The van der Waals surface area contributed by atoms with Crippen LogP contribution in [-0.2, 0) is 12.8 Å². The quantitative estimate of drug-likeness (QED) is 0.148. The highest BCUT2D eigenvalue weighted by atomic mass is 14.1. The van der Waals surface area contributed by atoms with Gasteiger partial charge in [-0.15, -0.1) is 0 Å². The van der Waals surface area contributed by atoms with E-state index in [-0.39, 0.29) is 0 Å². The van der Waals surface area contributed by atoms with Gasteiger partial charge in [-0.3, -0.25) is 0 Å². The fourth-order valence-electron chi connectivity index (χ4n) is 5.63. The van der Waals surface area contributed by atoms with Crippen LogP contribution in [0.4, 0.5) is 0 Å². The smallest absolute Gasteiger partial charge is 0.00987 e. The van der Waals surface area contributed by atoms with Gasteiger partial charge in [0, 0.05) is 0 Å². The Morgan fingerprint density at radius 1 is 0.382 bits per heavy atom. The highest BCUT2D eigenvalue weighted by Gasteiger charge is 2.08. The van der Waals surface area contributed by atoms with Gasteiger partial charge in [0.15, 0.2) is 0 Å². The van der Waals surface area contributed by atoms with Gasteiger partial charge in [0.25, 0.3) is 0 Å². The molecular formula is C34H38. The van der Waals surface area contributed by atoms with Gasteiger partial charge >= 0.3 is 0 Å². The van der Waals surface area contributed by atoms with Crippen LogP contribution in [0.1, 0.15) is 76.3 Å². The fourth-order valence-corrected chi connectivity index (χ4v) is 5.63. The van der Waals surface area contributed by atoms with Crippen molar-refractivity contribution in [1.29, 1.82) is 0 Å². The lowest BCUT2D eigenvalue weighted by atomic mass is 9.92. The number of unbranched alkanes of at least 4 members (excludes halogenated alkanes) is 6. The largest absolute Gasteiger partial charge is 0.0654 e. The van der Waals surface area contributed by atoms with Crippen LogP contribution in [0.25, 0.3) is 43.1 Å². The lowest BCUT2D eigenvalue weighted by Crippen LogP contribution is -1.88. The van der Waals surface area contributed by atoms with Gasteiger partial charge in [0.1, 0.15) is 0 Å². The van der Waals surface area contributed by atoms with Crippen molar-refractivity contribution in [2.75, 3.05) is 0 Å². The van der Waals surface area contributed by atoms with Crippen LogP contribution >= 0.6 is 0 Å². The van der Waals surface area contributed by atoms with Crippen molar-refractivity contribution < 1.29 is 0 Å². The van der Waals surface area contributed by atoms with E-state index in [4.69, 9.17) is 0 Å². The normalized spacial score (nSPS) is 11.8. The molecule has 0 aliphatic rings. The summed E-state index contributed by atoms with van der Waals surface area (Å²) < 4.78 is 0. The van der Waals surface area contributed by atoms with E-state index in [2.05, 4.69) is 86.6 Å². The van der Waals surface area contributed by atoms with E-state index >= 15 is 0 Å². The predicted molar refractivity (Wildman–Crippen MR) is 152 cm³/mol. The molecule has 5 aromatic rings. The molecule has 0 aromatic heterocycles. The first-order valence-corrected chi connectivity index (χ1v) is 13.6. The number of rotatable bonds is 10. The Labute approximate surface area is 205 Å². The number of benzene rings is 5. The van der Waals surface area contributed by atoms with Crippen molar-refractivity contribution in [2.45, 2.75) is 78.1 Å². The van der Waals surface area contributed by atoms with E-state index in [9.17, 15) is 0 Å². The van der Waals surface area contributed by atoms with Crippen LogP contribution in [0, 0.1) is 0 Å². The zero-order chi connectivity index (χ0) is 23.3. The summed E-state index contributed by atoms with van der Waals surface area (Å²) in [5, 5.41) is 11.0. The minimum Gasteiger partial charge on any atom is -0.0654 e. The Morgan fingerprint density at radius 3 is 1.21 bits per heavy atom. The minimum atomic E-state index is 1.19. The number of hydrogen-bond donors (Lipinski definition) is 0. The Hall–Kier alpha value is -2.86. The minimum absolute atomic E-state index is 1.19. The van der Waals surface area contributed by atoms with Crippen molar-refractivity contribution >= 4 is 43.1 Å². The molecular weight excluding hydrogens is 408 g/mol. The highest BCUT2D eigenvalue weighted by molar-refractivity contribution is 6.22. The molecule has 5 rings (SSSR count). The van der Waals surface area contributed by atoms with E-state index in [1.165, 1.54) is 118 Å². The standard InChI is InChI=1S/C34H38/c1-3-5-7-9-11-25-13-17-29-27(23-25)15-19-33-31(29)21-22-32-30-18-14-26(12-10-8-6-4-2)24-28(30)16-20-34(32)33/h13-24H,3-12H2,1-2H3. The molecule has 0 aliphatic heterocycles. The molecule has 0 N–H and O–H groups in total. The number of fused-ring (bicyclic) bond motifs is 7. The molecule has 0 radical (unpaired) electrons. The molecule has 0 spiro atoms. The van der Waals surface area contributed by atoms with Gasteiger partial charge in [-0.05, 0) is 79.9 Å². The van der Waals surface area contributed by atoms with Crippen LogP contribution in [0.5, 0.6) is 0 Å². The maximum absolute atomic E-state index is 2.41. The van der Waals surface area contributed by atoms with E-state index in [1.807, 2.05) is 0 Å². The van der Waals surface area contributed by atoms with Crippen molar-refractivity contribution in [1.82, 2.24) is 0 Å². The Balaban J connectivity index is 1.48. The van der Waals surface area contributed by atoms with Gasteiger partial charge in [-0.2, -0.15) is 0 Å². The van der Waals surface area contributed by atoms with Crippen molar-refractivity contribution in [3.05, 3.63) is 83.9 Å². The summed E-state index contributed by atoms with van der Waals surface area (Å²) in [6, 6.07) is 28.3. The molecule has 0 atom stereocenters. The summed E-state index contributed by atoms with van der Waals surface area (Å²) in [6.07, 6.45) is 13.0. The molecule has 0 fully saturated rings. The average molecular weight is 447 g/mol. The lowest BCUT2D eigenvalue weighted by molar-refractivity contribution is 0.667. The third-order valence-corrected chi connectivity index (χ3v) is 7.60. The van der Waals surface area contributed by atoms with Crippen molar-refractivity contribution in [3.63, 3.8) is 0 Å². The van der Waals surface area contributed by atoms with Crippen LogP contribution in [0.15, 0.2) is 72.8 Å². The molecule has 0 unspecified atom stereocenters. The molecule has 0 bridgehead atoms. The molecule has 0 heterocycles. The molecule has 174 valence electrons. The molecule has 0 nitrogen and oxygen atoms in total. The van der Waals surface area contributed by atoms with Gasteiger partial charge < -0.3 is 0 Å². The zero-order valence-corrected chi connectivity index (χ0v) is 21.0. The number of hydrogen-bond acceptors (Lipinski definition) is 0. The van der Waals surface area contributed by atoms with Gasteiger partial charge in [0.2, 0.25) is 0 Å². The molecule has 0 aliphatic carbocycles. The lowest BCUT2D eigenvalue weighted by Gasteiger charge is -2.12. The summed E-state index contributed by atoms with van der Waals surface area (Å²) in [5.41, 5.74) is 2.94. The zero-order valence-electron chi connectivity index (χ0n) is 21.0. The first kappa shape index (κ1) is 22.9. The first-order chi connectivity index (χ1) is 16.8. The number of aryl methyl sites for hydroxylation is 2. The summed E-state index contributed by atoms with van der Waals surface area (Å²) in [7, 11) is 0. The molecule has 5 aromatic carbocycles. The van der Waals surface area contributed by atoms with Crippen LogP contribution in [-0.4, -0.2) is 0 Å². The monoisotopic (exact) mass is 446 g/mol. The third-order valence-electron chi connectivity index (χ3n) is 7.60. The van der Waals surface area contributed by atoms with Crippen molar-refractivity contribution in [3.8, 4) is 0 Å². The van der Waals surface area contributed by atoms with Gasteiger partial charge in [-0.25, -0.2) is 0 Å².